The van der Waals surface area contributed by atoms with Crippen LogP contribution in [0.25, 0.3) is 0 Å². The van der Waals surface area contributed by atoms with E-state index in [-0.39, 0.29) is 24.2 Å². The number of amides is 1. The molecule has 0 aliphatic heterocycles. The standard InChI is InChI=1S/C23H21NO2/c1-17-9-8-14-20(15-17)21(16-22(25)18-10-4-2-5-11-18)24-23(26)19-12-6-3-7-13-19/h2-15,21H,16H2,1H3,(H,24,26)/t21-/m0/s1. The van der Waals surface area contributed by atoms with Crippen molar-refractivity contribution in [3.05, 3.63) is 107 Å². The molecule has 26 heavy (non-hydrogen) atoms. The smallest absolute Gasteiger partial charge is 0.251 e. The van der Waals surface area contributed by atoms with Crippen LogP contribution in [-0.2, 0) is 0 Å². The Kier molecular flexibility index (Phi) is 5.59. The van der Waals surface area contributed by atoms with Crippen LogP contribution >= 0.6 is 0 Å². The molecule has 3 aromatic carbocycles. The third kappa shape index (κ3) is 4.45. The van der Waals surface area contributed by atoms with E-state index in [1.54, 1.807) is 24.3 Å². The van der Waals surface area contributed by atoms with Gasteiger partial charge in [0.1, 0.15) is 0 Å². The molecule has 0 saturated carbocycles. The van der Waals surface area contributed by atoms with Crippen molar-refractivity contribution in [2.75, 3.05) is 0 Å². The number of carbonyl (C=O) groups excluding carboxylic acids is 2. The van der Waals surface area contributed by atoms with Crippen molar-refractivity contribution in [2.45, 2.75) is 19.4 Å². The molecule has 0 heterocycles. The van der Waals surface area contributed by atoms with E-state index in [1.807, 2.05) is 67.6 Å². The number of nitrogens with one attached hydrogen (secondary N) is 1. The number of hydrogen-bond donors (Lipinski definition) is 1. The summed E-state index contributed by atoms with van der Waals surface area (Å²) >= 11 is 0. The lowest BCUT2D eigenvalue weighted by atomic mass is 9.96. The van der Waals surface area contributed by atoms with Crippen LogP contribution in [0.5, 0.6) is 0 Å². The number of carbonyl (C=O) groups is 2. The van der Waals surface area contributed by atoms with Crippen LogP contribution in [0.1, 0.15) is 44.3 Å². The van der Waals surface area contributed by atoms with E-state index in [2.05, 4.69) is 5.32 Å². The van der Waals surface area contributed by atoms with E-state index < -0.39 is 0 Å². The van der Waals surface area contributed by atoms with Gasteiger partial charge in [-0.3, -0.25) is 9.59 Å². The predicted octanol–water partition coefficient (Wildman–Crippen LogP) is 4.74. The topological polar surface area (TPSA) is 46.2 Å². The Morgan fingerprint density at radius 1 is 0.808 bits per heavy atom. The lowest BCUT2D eigenvalue weighted by Crippen LogP contribution is -2.30. The summed E-state index contributed by atoms with van der Waals surface area (Å²) in [5, 5.41) is 3.02. The largest absolute Gasteiger partial charge is 0.345 e. The highest BCUT2D eigenvalue weighted by Gasteiger charge is 2.20. The number of Topliss-reactive ketones (excluding diaryl/α,β-unsaturated/α-hetero) is 1. The molecule has 0 spiro atoms. The van der Waals surface area contributed by atoms with Gasteiger partial charge >= 0.3 is 0 Å². The van der Waals surface area contributed by atoms with E-state index >= 15 is 0 Å². The number of hydrogen-bond acceptors (Lipinski definition) is 2. The summed E-state index contributed by atoms with van der Waals surface area (Å²) in [5.41, 5.74) is 3.25. The number of rotatable bonds is 6. The van der Waals surface area contributed by atoms with Gasteiger partial charge in [-0.25, -0.2) is 0 Å². The molecule has 0 unspecified atom stereocenters. The van der Waals surface area contributed by atoms with Gasteiger partial charge in [0.05, 0.1) is 6.04 Å². The van der Waals surface area contributed by atoms with Gasteiger partial charge in [-0.1, -0.05) is 78.4 Å². The monoisotopic (exact) mass is 343 g/mol. The van der Waals surface area contributed by atoms with Gasteiger partial charge in [0.25, 0.3) is 5.91 Å². The number of aryl methyl sites for hydroxylation is 1. The minimum Gasteiger partial charge on any atom is -0.345 e. The van der Waals surface area contributed by atoms with Crippen molar-refractivity contribution in [3.8, 4) is 0 Å². The molecular formula is C23H21NO2. The Morgan fingerprint density at radius 3 is 2.04 bits per heavy atom. The molecule has 3 aromatic rings. The first-order chi connectivity index (χ1) is 12.6. The SMILES string of the molecule is Cc1cccc([C@H](CC(=O)c2ccccc2)NC(=O)c2ccccc2)c1. The second-order valence-electron chi connectivity index (χ2n) is 6.30. The average Bonchev–Trinajstić information content (AvgIpc) is 2.68. The van der Waals surface area contributed by atoms with Crippen molar-refractivity contribution < 1.29 is 9.59 Å². The molecule has 0 bridgehead atoms. The molecule has 1 amide bonds. The first kappa shape index (κ1) is 17.6. The molecule has 0 saturated heterocycles. The van der Waals surface area contributed by atoms with Crippen LogP contribution < -0.4 is 5.32 Å². The summed E-state index contributed by atoms with van der Waals surface area (Å²) in [5.74, 6) is -0.177. The molecule has 0 fully saturated rings. The summed E-state index contributed by atoms with van der Waals surface area (Å²) in [6.07, 6.45) is 0.214. The van der Waals surface area contributed by atoms with Gasteiger partial charge in [-0.15, -0.1) is 0 Å². The minimum atomic E-state index is -0.379. The van der Waals surface area contributed by atoms with Crippen molar-refractivity contribution >= 4 is 11.7 Å². The predicted molar refractivity (Wildman–Crippen MR) is 103 cm³/mol. The van der Waals surface area contributed by atoms with E-state index in [0.717, 1.165) is 11.1 Å². The highest BCUT2D eigenvalue weighted by molar-refractivity contribution is 5.98. The van der Waals surface area contributed by atoms with Gasteiger partial charge in [-0.2, -0.15) is 0 Å². The second kappa shape index (κ2) is 8.26. The second-order valence-corrected chi connectivity index (χ2v) is 6.30. The number of benzene rings is 3. The number of ketones is 1. The van der Waals surface area contributed by atoms with E-state index in [9.17, 15) is 9.59 Å². The van der Waals surface area contributed by atoms with Gasteiger partial charge in [0.15, 0.2) is 5.78 Å². The van der Waals surface area contributed by atoms with Crippen molar-refractivity contribution in [2.24, 2.45) is 0 Å². The zero-order valence-corrected chi connectivity index (χ0v) is 14.7. The lowest BCUT2D eigenvalue weighted by Gasteiger charge is -2.19. The molecule has 0 aliphatic rings. The van der Waals surface area contributed by atoms with Crippen LogP contribution in [0.15, 0.2) is 84.9 Å². The van der Waals surface area contributed by atoms with Gasteiger partial charge < -0.3 is 5.32 Å². The van der Waals surface area contributed by atoms with Crippen LogP contribution in [0, 0.1) is 6.92 Å². The van der Waals surface area contributed by atoms with Crippen LogP contribution in [0.4, 0.5) is 0 Å². The molecular weight excluding hydrogens is 322 g/mol. The summed E-state index contributed by atoms with van der Waals surface area (Å²) in [6, 6.07) is 25.7. The fourth-order valence-corrected chi connectivity index (χ4v) is 2.90. The normalized spacial score (nSPS) is 11.6. The quantitative estimate of drug-likeness (QED) is 0.657. The third-order valence-electron chi connectivity index (χ3n) is 4.27. The van der Waals surface area contributed by atoms with Gasteiger partial charge in [-0.05, 0) is 24.6 Å². The Hall–Kier alpha value is -3.20. The molecule has 3 rings (SSSR count). The zero-order chi connectivity index (χ0) is 18.4. The Bertz CT molecular complexity index is 835. The first-order valence-electron chi connectivity index (χ1n) is 8.64. The minimum absolute atomic E-state index is 0.00506. The molecule has 0 radical (unpaired) electrons. The fourth-order valence-electron chi connectivity index (χ4n) is 2.90. The maximum atomic E-state index is 12.7. The van der Waals surface area contributed by atoms with Gasteiger partial charge in [0.2, 0.25) is 0 Å². The highest BCUT2D eigenvalue weighted by atomic mass is 16.2. The third-order valence-corrected chi connectivity index (χ3v) is 4.27. The van der Waals surface area contributed by atoms with Crippen molar-refractivity contribution in [1.29, 1.82) is 0 Å². The highest BCUT2D eigenvalue weighted by Crippen LogP contribution is 2.21. The Balaban J connectivity index is 1.84. The molecule has 0 aromatic heterocycles. The molecule has 0 aliphatic carbocycles. The fraction of sp³-hybridized carbons (Fsp3) is 0.130. The molecule has 3 heteroatoms. The molecule has 1 N–H and O–H groups in total. The molecule has 1 atom stereocenters. The average molecular weight is 343 g/mol. The van der Waals surface area contributed by atoms with E-state index in [4.69, 9.17) is 0 Å². The van der Waals surface area contributed by atoms with Gasteiger partial charge in [0, 0.05) is 17.5 Å². The summed E-state index contributed by atoms with van der Waals surface area (Å²) in [7, 11) is 0. The maximum Gasteiger partial charge on any atom is 0.251 e. The molecule has 130 valence electrons. The van der Waals surface area contributed by atoms with E-state index in [0.29, 0.717) is 11.1 Å². The van der Waals surface area contributed by atoms with Crippen LogP contribution in [0.2, 0.25) is 0 Å². The maximum absolute atomic E-state index is 12.7. The summed E-state index contributed by atoms with van der Waals surface area (Å²) < 4.78 is 0. The van der Waals surface area contributed by atoms with Crippen molar-refractivity contribution in [3.63, 3.8) is 0 Å². The Labute approximate surface area is 153 Å². The molecule has 3 nitrogen and oxygen atoms in total. The van der Waals surface area contributed by atoms with Crippen LogP contribution in [0.3, 0.4) is 0 Å². The van der Waals surface area contributed by atoms with Crippen LogP contribution in [-0.4, -0.2) is 11.7 Å². The lowest BCUT2D eigenvalue weighted by molar-refractivity contribution is 0.0912. The van der Waals surface area contributed by atoms with Crippen molar-refractivity contribution in [1.82, 2.24) is 5.32 Å². The Morgan fingerprint density at radius 2 is 1.42 bits per heavy atom. The zero-order valence-electron chi connectivity index (χ0n) is 14.7. The van der Waals surface area contributed by atoms with E-state index in [1.165, 1.54) is 0 Å². The summed E-state index contributed by atoms with van der Waals surface area (Å²) in [4.78, 5) is 25.3. The first-order valence-corrected chi connectivity index (χ1v) is 8.64. The summed E-state index contributed by atoms with van der Waals surface area (Å²) in [6.45, 7) is 2.00.